The standard InChI is InChI=1S/C20H22N2O2S/c1-11-7-8-16-13(9-11)18-14(19(23)22-16)10-17(25-18)20(24)21-15-6-4-3-5-12(15)2/h7-10,12,15H,3-6H2,1-2H3,(H,21,24)(H,22,23)/t12-,15-/m0/s1. The van der Waals surface area contributed by atoms with E-state index in [9.17, 15) is 9.59 Å². The molecule has 0 unspecified atom stereocenters. The van der Waals surface area contributed by atoms with Crippen molar-refractivity contribution in [3.8, 4) is 0 Å². The van der Waals surface area contributed by atoms with E-state index in [1.54, 1.807) is 6.07 Å². The highest BCUT2D eigenvalue weighted by Crippen LogP contribution is 2.31. The number of benzene rings is 1. The topological polar surface area (TPSA) is 62.0 Å². The molecule has 1 aliphatic rings. The molecule has 2 atom stereocenters. The van der Waals surface area contributed by atoms with Gasteiger partial charge in [-0.1, -0.05) is 31.4 Å². The summed E-state index contributed by atoms with van der Waals surface area (Å²) in [6, 6.07) is 7.95. The van der Waals surface area contributed by atoms with Crippen LogP contribution in [0.2, 0.25) is 0 Å². The van der Waals surface area contributed by atoms with Crippen LogP contribution in [0.15, 0.2) is 29.1 Å². The number of nitrogens with one attached hydrogen (secondary N) is 2. The third kappa shape index (κ3) is 2.97. The van der Waals surface area contributed by atoms with Crippen LogP contribution in [0, 0.1) is 12.8 Å². The number of H-pyrrole nitrogens is 1. The molecule has 2 aromatic heterocycles. The summed E-state index contributed by atoms with van der Waals surface area (Å²) in [6.45, 7) is 4.23. The Kier molecular flexibility index (Phi) is 4.12. The van der Waals surface area contributed by atoms with Gasteiger partial charge in [-0.3, -0.25) is 9.59 Å². The van der Waals surface area contributed by atoms with E-state index in [1.165, 1.54) is 30.6 Å². The van der Waals surface area contributed by atoms with Crippen LogP contribution in [0.4, 0.5) is 0 Å². The van der Waals surface area contributed by atoms with E-state index >= 15 is 0 Å². The number of fused-ring (bicyclic) bond motifs is 3. The molecule has 3 aromatic rings. The third-order valence-corrected chi connectivity index (χ3v) is 6.46. The van der Waals surface area contributed by atoms with Crippen LogP contribution in [-0.4, -0.2) is 16.9 Å². The van der Waals surface area contributed by atoms with Gasteiger partial charge in [0, 0.05) is 21.6 Å². The molecule has 1 aromatic carbocycles. The molecule has 2 N–H and O–H groups in total. The molecule has 130 valence electrons. The van der Waals surface area contributed by atoms with Crippen molar-refractivity contribution < 1.29 is 4.79 Å². The fourth-order valence-electron chi connectivity index (χ4n) is 3.79. The van der Waals surface area contributed by atoms with Gasteiger partial charge in [-0.25, -0.2) is 0 Å². The lowest BCUT2D eigenvalue weighted by Crippen LogP contribution is -2.40. The van der Waals surface area contributed by atoms with Crippen molar-refractivity contribution in [2.24, 2.45) is 5.92 Å². The smallest absolute Gasteiger partial charge is 0.261 e. The van der Waals surface area contributed by atoms with Crippen molar-refractivity contribution >= 4 is 38.2 Å². The molecule has 0 bridgehead atoms. The number of aromatic nitrogens is 1. The van der Waals surface area contributed by atoms with E-state index in [-0.39, 0.29) is 17.5 Å². The highest BCUT2D eigenvalue weighted by molar-refractivity contribution is 7.21. The summed E-state index contributed by atoms with van der Waals surface area (Å²) in [4.78, 5) is 28.6. The van der Waals surface area contributed by atoms with Crippen molar-refractivity contribution in [2.75, 3.05) is 0 Å². The minimum atomic E-state index is -0.132. The van der Waals surface area contributed by atoms with Gasteiger partial charge in [-0.15, -0.1) is 11.3 Å². The van der Waals surface area contributed by atoms with Crippen LogP contribution >= 0.6 is 11.3 Å². The number of pyridine rings is 1. The van der Waals surface area contributed by atoms with E-state index in [0.717, 1.165) is 27.6 Å². The Morgan fingerprint density at radius 1 is 1.20 bits per heavy atom. The van der Waals surface area contributed by atoms with Crippen LogP contribution in [0.25, 0.3) is 21.0 Å². The van der Waals surface area contributed by atoms with Crippen LogP contribution in [0.3, 0.4) is 0 Å². The molecule has 4 nitrogen and oxygen atoms in total. The molecule has 25 heavy (non-hydrogen) atoms. The van der Waals surface area contributed by atoms with Gasteiger partial charge in [0.25, 0.3) is 11.5 Å². The van der Waals surface area contributed by atoms with Crippen LogP contribution in [0.5, 0.6) is 0 Å². The van der Waals surface area contributed by atoms with E-state index in [2.05, 4.69) is 23.3 Å². The number of thiophene rings is 1. The molecule has 1 aliphatic carbocycles. The molecule has 1 saturated carbocycles. The van der Waals surface area contributed by atoms with Crippen molar-refractivity contribution in [2.45, 2.75) is 45.6 Å². The Morgan fingerprint density at radius 2 is 2.00 bits per heavy atom. The number of aromatic amines is 1. The van der Waals surface area contributed by atoms with Crippen LogP contribution < -0.4 is 10.9 Å². The quantitative estimate of drug-likeness (QED) is 0.718. The molecule has 5 heteroatoms. The van der Waals surface area contributed by atoms with Crippen molar-refractivity contribution in [3.63, 3.8) is 0 Å². The molecule has 2 heterocycles. The second-order valence-corrected chi connectivity index (χ2v) is 8.25. The molecule has 0 spiro atoms. The Bertz CT molecular complexity index is 1020. The van der Waals surface area contributed by atoms with E-state index < -0.39 is 0 Å². The van der Waals surface area contributed by atoms with Gasteiger partial charge in [0.2, 0.25) is 0 Å². The maximum Gasteiger partial charge on any atom is 0.261 e. The average Bonchev–Trinajstić information content (AvgIpc) is 3.04. The maximum absolute atomic E-state index is 12.7. The number of hydrogen-bond acceptors (Lipinski definition) is 3. The zero-order chi connectivity index (χ0) is 17.6. The summed E-state index contributed by atoms with van der Waals surface area (Å²) < 4.78 is 0.893. The number of hydrogen-bond donors (Lipinski definition) is 2. The van der Waals surface area contributed by atoms with Gasteiger partial charge in [0.05, 0.1) is 10.3 Å². The summed E-state index contributed by atoms with van der Waals surface area (Å²) in [5.74, 6) is 0.458. The normalized spacial score (nSPS) is 20.9. The highest BCUT2D eigenvalue weighted by Gasteiger charge is 2.24. The first-order chi connectivity index (χ1) is 12.0. The minimum absolute atomic E-state index is 0.0554. The summed E-state index contributed by atoms with van der Waals surface area (Å²) in [5.41, 5.74) is 1.82. The summed E-state index contributed by atoms with van der Waals surface area (Å²) >= 11 is 1.42. The number of rotatable bonds is 2. The summed E-state index contributed by atoms with van der Waals surface area (Å²) in [5, 5.41) is 4.79. The van der Waals surface area contributed by atoms with E-state index in [0.29, 0.717) is 16.2 Å². The van der Waals surface area contributed by atoms with E-state index in [1.807, 2.05) is 19.1 Å². The fraction of sp³-hybridized carbons (Fsp3) is 0.400. The lowest BCUT2D eigenvalue weighted by molar-refractivity contribution is 0.0914. The Hall–Kier alpha value is -2.14. The Morgan fingerprint density at radius 3 is 2.80 bits per heavy atom. The molecule has 4 rings (SSSR count). The third-order valence-electron chi connectivity index (χ3n) is 5.30. The van der Waals surface area contributed by atoms with E-state index in [4.69, 9.17) is 0 Å². The van der Waals surface area contributed by atoms with Crippen LogP contribution in [0.1, 0.15) is 47.8 Å². The van der Waals surface area contributed by atoms with Crippen molar-refractivity contribution in [1.29, 1.82) is 0 Å². The predicted molar refractivity (Wildman–Crippen MR) is 104 cm³/mol. The van der Waals surface area contributed by atoms with Crippen molar-refractivity contribution in [3.05, 3.63) is 45.1 Å². The molecule has 1 fully saturated rings. The summed E-state index contributed by atoms with van der Waals surface area (Å²) in [7, 11) is 0. The Labute approximate surface area is 150 Å². The first-order valence-corrected chi connectivity index (χ1v) is 9.71. The first kappa shape index (κ1) is 16.3. The van der Waals surface area contributed by atoms with Crippen molar-refractivity contribution in [1.82, 2.24) is 10.3 Å². The maximum atomic E-state index is 12.7. The number of carbonyl (C=O) groups excluding carboxylic acids is 1. The van der Waals surface area contributed by atoms with Gasteiger partial charge in [-0.2, -0.15) is 0 Å². The average molecular weight is 354 g/mol. The fourth-order valence-corrected chi connectivity index (χ4v) is 4.88. The molecular formula is C20H22N2O2S. The summed E-state index contributed by atoms with van der Waals surface area (Å²) in [6.07, 6.45) is 4.63. The molecule has 0 aliphatic heterocycles. The lowest BCUT2D eigenvalue weighted by Gasteiger charge is -2.29. The number of carbonyl (C=O) groups is 1. The number of amides is 1. The zero-order valence-corrected chi connectivity index (χ0v) is 15.3. The van der Waals surface area contributed by atoms with Gasteiger partial charge in [-0.05, 0) is 43.9 Å². The second-order valence-electron chi connectivity index (χ2n) is 7.20. The SMILES string of the molecule is Cc1ccc2[nH]c(=O)c3cc(C(=O)N[C@H]4CCCC[C@@H]4C)sc3c2c1. The zero-order valence-electron chi connectivity index (χ0n) is 14.5. The number of aryl methyl sites for hydroxylation is 1. The second kappa shape index (κ2) is 6.30. The van der Waals surface area contributed by atoms with Gasteiger partial charge in [0.15, 0.2) is 0 Å². The van der Waals surface area contributed by atoms with Gasteiger partial charge < -0.3 is 10.3 Å². The highest BCUT2D eigenvalue weighted by atomic mass is 32.1. The largest absolute Gasteiger partial charge is 0.348 e. The molecule has 0 radical (unpaired) electrons. The molecule has 1 amide bonds. The predicted octanol–water partition coefficient (Wildman–Crippen LogP) is 4.36. The lowest BCUT2D eigenvalue weighted by atomic mass is 9.86. The monoisotopic (exact) mass is 354 g/mol. The minimum Gasteiger partial charge on any atom is -0.348 e. The molecular weight excluding hydrogens is 332 g/mol. The van der Waals surface area contributed by atoms with Gasteiger partial charge in [0.1, 0.15) is 0 Å². The molecule has 0 saturated heterocycles. The van der Waals surface area contributed by atoms with Gasteiger partial charge >= 0.3 is 0 Å². The Balaban J connectivity index is 1.74. The first-order valence-electron chi connectivity index (χ1n) is 8.90. The van der Waals surface area contributed by atoms with Crippen LogP contribution in [-0.2, 0) is 0 Å².